The first-order chi connectivity index (χ1) is 11.1. The summed E-state index contributed by atoms with van der Waals surface area (Å²) in [4.78, 5) is 18.6. The van der Waals surface area contributed by atoms with Crippen LogP contribution in [0.1, 0.15) is 33.3 Å². The number of nitrogens with one attached hydrogen (secondary N) is 1. The van der Waals surface area contributed by atoms with Crippen molar-refractivity contribution in [1.29, 1.82) is 0 Å². The molecule has 0 aliphatic rings. The van der Waals surface area contributed by atoms with E-state index in [0.29, 0.717) is 5.16 Å². The quantitative estimate of drug-likeness (QED) is 0.790. The molecule has 0 aliphatic heterocycles. The van der Waals surface area contributed by atoms with Gasteiger partial charge in [0.1, 0.15) is 0 Å². The first-order valence-corrected chi connectivity index (χ1v) is 8.94. The van der Waals surface area contributed by atoms with Crippen LogP contribution in [0.2, 0.25) is 0 Å². The van der Waals surface area contributed by atoms with E-state index in [1.54, 1.807) is 0 Å². The second kappa shape index (κ2) is 8.15. The third kappa shape index (κ3) is 4.34. The van der Waals surface area contributed by atoms with Gasteiger partial charge in [-0.05, 0) is 32.8 Å². The molecule has 1 amide bonds. The highest BCUT2D eigenvalue weighted by Crippen LogP contribution is 2.24. The minimum absolute atomic E-state index is 0.124. The maximum absolute atomic E-state index is 12.3. The molecule has 0 saturated carbocycles. The van der Waals surface area contributed by atoms with Crippen LogP contribution in [0, 0.1) is 0 Å². The van der Waals surface area contributed by atoms with Crippen molar-refractivity contribution in [1.82, 2.24) is 20.1 Å². The molecule has 0 fully saturated rings. The maximum atomic E-state index is 12.3. The largest absolute Gasteiger partial charge is 0.342 e. The van der Waals surface area contributed by atoms with Crippen molar-refractivity contribution < 1.29 is 4.79 Å². The Morgan fingerprint density at radius 2 is 1.87 bits per heavy atom. The van der Waals surface area contributed by atoms with Crippen LogP contribution in [0.4, 0.5) is 0 Å². The summed E-state index contributed by atoms with van der Waals surface area (Å²) in [5, 5.41) is 7.59. The molecule has 23 heavy (non-hydrogen) atoms. The van der Waals surface area contributed by atoms with Gasteiger partial charge in [-0.2, -0.15) is 0 Å². The number of aromatic nitrogens is 3. The van der Waals surface area contributed by atoms with E-state index >= 15 is 0 Å². The van der Waals surface area contributed by atoms with Gasteiger partial charge in [0, 0.05) is 18.7 Å². The van der Waals surface area contributed by atoms with Gasteiger partial charge in [-0.1, -0.05) is 43.0 Å². The number of nitrogens with zero attached hydrogens (tertiary/aromatic N) is 3. The Bertz CT molecular complexity index is 634. The number of carbonyl (C=O) groups is 1. The Balaban J connectivity index is 2.05. The highest BCUT2D eigenvalue weighted by Gasteiger charge is 2.21. The Labute approximate surface area is 141 Å². The normalized spacial score (nSPS) is 12.2. The van der Waals surface area contributed by atoms with E-state index < -0.39 is 0 Å². The molecule has 1 aromatic carbocycles. The van der Waals surface area contributed by atoms with Crippen molar-refractivity contribution in [3.63, 3.8) is 0 Å². The SMILES string of the molecule is CCc1ccc(-c2nc(S[C@H](C)C(=O)N(CC)CC)n[nH]2)cc1. The van der Waals surface area contributed by atoms with Crippen molar-refractivity contribution in [2.24, 2.45) is 0 Å². The number of hydrogen-bond donors (Lipinski definition) is 1. The molecule has 0 saturated heterocycles. The zero-order valence-electron chi connectivity index (χ0n) is 14.2. The van der Waals surface area contributed by atoms with Crippen LogP contribution >= 0.6 is 11.8 Å². The molecule has 1 heterocycles. The Kier molecular flexibility index (Phi) is 6.21. The summed E-state index contributed by atoms with van der Waals surface area (Å²) in [5.41, 5.74) is 2.30. The lowest BCUT2D eigenvalue weighted by atomic mass is 10.1. The predicted molar refractivity (Wildman–Crippen MR) is 94.4 cm³/mol. The van der Waals surface area contributed by atoms with E-state index in [4.69, 9.17) is 0 Å². The summed E-state index contributed by atoms with van der Waals surface area (Å²) in [6.07, 6.45) is 1.02. The minimum Gasteiger partial charge on any atom is -0.342 e. The Morgan fingerprint density at radius 1 is 1.22 bits per heavy atom. The van der Waals surface area contributed by atoms with Crippen molar-refractivity contribution >= 4 is 17.7 Å². The van der Waals surface area contributed by atoms with E-state index in [0.717, 1.165) is 30.9 Å². The van der Waals surface area contributed by atoms with E-state index in [2.05, 4.69) is 34.2 Å². The topological polar surface area (TPSA) is 61.9 Å². The van der Waals surface area contributed by atoms with Crippen LogP contribution in [0.3, 0.4) is 0 Å². The molecule has 1 N–H and O–H groups in total. The first-order valence-electron chi connectivity index (χ1n) is 8.06. The second-order valence-corrected chi connectivity index (χ2v) is 6.60. The predicted octanol–water partition coefficient (Wildman–Crippen LogP) is 3.38. The zero-order valence-corrected chi connectivity index (χ0v) is 15.0. The lowest BCUT2D eigenvalue weighted by Gasteiger charge is -2.21. The molecule has 0 bridgehead atoms. The average molecular weight is 332 g/mol. The molecular formula is C17H24N4OS. The summed E-state index contributed by atoms with van der Waals surface area (Å²) in [7, 11) is 0. The van der Waals surface area contributed by atoms with Gasteiger partial charge in [0.2, 0.25) is 11.1 Å². The average Bonchev–Trinajstić information content (AvgIpc) is 3.04. The molecular weight excluding hydrogens is 308 g/mol. The molecule has 2 aromatic rings. The second-order valence-electron chi connectivity index (χ2n) is 5.29. The van der Waals surface area contributed by atoms with E-state index in [9.17, 15) is 4.79 Å². The van der Waals surface area contributed by atoms with Crippen LogP contribution in [-0.4, -0.2) is 44.3 Å². The van der Waals surface area contributed by atoms with Gasteiger partial charge in [-0.3, -0.25) is 9.89 Å². The van der Waals surface area contributed by atoms with Crippen molar-refractivity contribution in [2.75, 3.05) is 13.1 Å². The van der Waals surface area contributed by atoms with E-state index in [1.165, 1.54) is 17.3 Å². The summed E-state index contributed by atoms with van der Waals surface area (Å²) in [6, 6.07) is 8.27. The molecule has 124 valence electrons. The molecule has 0 unspecified atom stereocenters. The van der Waals surface area contributed by atoms with Gasteiger partial charge in [0.25, 0.3) is 0 Å². The number of aryl methyl sites for hydroxylation is 1. The standard InChI is InChI=1S/C17H24N4OS/c1-5-13-8-10-14(11-9-13)15-18-17(20-19-15)23-12(4)16(22)21(6-2)7-3/h8-12H,5-7H2,1-4H3,(H,18,19,20)/t12-/m1/s1. The molecule has 0 radical (unpaired) electrons. The molecule has 2 rings (SSSR count). The van der Waals surface area contributed by atoms with Crippen molar-refractivity contribution in [3.8, 4) is 11.4 Å². The number of amides is 1. The summed E-state index contributed by atoms with van der Waals surface area (Å²) < 4.78 is 0. The lowest BCUT2D eigenvalue weighted by Crippen LogP contribution is -2.36. The molecule has 1 aromatic heterocycles. The number of thioether (sulfide) groups is 1. The Morgan fingerprint density at radius 3 is 2.43 bits per heavy atom. The highest BCUT2D eigenvalue weighted by molar-refractivity contribution is 8.00. The van der Waals surface area contributed by atoms with Gasteiger partial charge in [-0.15, -0.1) is 5.10 Å². The Hall–Kier alpha value is -1.82. The van der Waals surface area contributed by atoms with Crippen LogP contribution in [-0.2, 0) is 11.2 Å². The third-order valence-electron chi connectivity index (χ3n) is 3.81. The monoisotopic (exact) mass is 332 g/mol. The molecule has 6 heteroatoms. The molecule has 0 aliphatic carbocycles. The summed E-state index contributed by atoms with van der Waals surface area (Å²) in [6.45, 7) is 9.46. The minimum atomic E-state index is -0.194. The summed E-state index contributed by atoms with van der Waals surface area (Å²) >= 11 is 1.39. The highest BCUT2D eigenvalue weighted by atomic mass is 32.2. The smallest absolute Gasteiger partial charge is 0.235 e. The van der Waals surface area contributed by atoms with Gasteiger partial charge in [-0.25, -0.2) is 4.98 Å². The fourth-order valence-corrected chi connectivity index (χ4v) is 3.14. The number of benzene rings is 1. The van der Waals surface area contributed by atoms with Crippen LogP contribution in [0.15, 0.2) is 29.4 Å². The van der Waals surface area contributed by atoms with Gasteiger partial charge < -0.3 is 4.90 Å². The van der Waals surface area contributed by atoms with E-state index in [-0.39, 0.29) is 11.2 Å². The molecule has 1 atom stereocenters. The molecule has 5 nitrogen and oxygen atoms in total. The summed E-state index contributed by atoms with van der Waals surface area (Å²) in [5.74, 6) is 0.858. The van der Waals surface area contributed by atoms with E-state index in [1.807, 2.05) is 37.8 Å². The molecule has 0 spiro atoms. The number of carbonyl (C=O) groups excluding carboxylic acids is 1. The van der Waals surface area contributed by atoms with Gasteiger partial charge in [0.15, 0.2) is 5.82 Å². The maximum Gasteiger partial charge on any atom is 0.235 e. The number of rotatable bonds is 7. The van der Waals surface area contributed by atoms with Gasteiger partial charge in [0.05, 0.1) is 5.25 Å². The fourth-order valence-electron chi connectivity index (χ4n) is 2.33. The lowest BCUT2D eigenvalue weighted by molar-refractivity contribution is -0.129. The fraction of sp³-hybridized carbons (Fsp3) is 0.471. The van der Waals surface area contributed by atoms with Crippen molar-refractivity contribution in [2.45, 2.75) is 44.5 Å². The number of H-pyrrole nitrogens is 1. The van der Waals surface area contributed by atoms with Crippen LogP contribution < -0.4 is 0 Å². The first kappa shape index (κ1) is 17.5. The zero-order chi connectivity index (χ0) is 16.8. The van der Waals surface area contributed by atoms with Gasteiger partial charge >= 0.3 is 0 Å². The van der Waals surface area contributed by atoms with Crippen molar-refractivity contribution in [3.05, 3.63) is 29.8 Å². The number of hydrogen-bond acceptors (Lipinski definition) is 4. The third-order valence-corrected chi connectivity index (χ3v) is 4.75. The number of aromatic amines is 1. The van der Waals surface area contributed by atoms with Crippen LogP contribution in [0.25, 0.3) is 11.4 Å². The van der Waals surface area contributed by atoms with Crippen LogP contribution in [0.5, 0.6) is 0 Å².